The van der Waals surface area contributed by atoms with Crippen molar-refractivity contribution in [3.05, 3.63) is 35.9 Å². The Balaban J connectivity index is 2.32. The van der Waals surface area contributed by atoms with E-state index in [1.807, 2.05) is 30.3 Å². The molecule has 17 heavy (non-hydrogen) atoms. The standard InChI is InChI=1S/C12H20N2O3/c1-14-10(12(13)16)7-11(15)17-8-9-5-3-2-4-6-9/h2-6,10-12,14-16H,7-8,13H2,1H3/t10-,11?,12?/m1/s1. The van der Waals surface area contributed by atoms with E-state index in [4.69, 9.17) is 10.5 Å². The molecule has 1 aromatic rings. The van der Waals surface area contributed by atoms with Crippen molar-refractivity contribution in [3.63, 3.8) is 0 Å². The number of benzene rings is 1. The first kappa shape index (κ1) is 14.1. The van der Waals surface area contributed by atoms with Crippen LogP contribution < -0.4 is 11.1 Å². The number of nitrogens with two attached hydrogens (primary N) is 1. The fraction of sp³-hybridized carbons (Fsp3) is 0.500. The van der Waals surface area contributed by atoms with Gasteiger partial charge in [-0.15, -0.1) is 0 Å². The minimum atomic E-state index is -1.02. The van der Waals surface area contributed by atoms with Gasteiger partial charge in [-0.2, -0.15) is 0 Å². The van der Waals surface area contributed by atoms with Gasteiger partial charge >= 0.3 is 0 Å². The Kier molecular flexibility index (Phi) is 6.10. The Labute approximate surface area is 101 Å². The summed E-state index contributed by atoms with van der Waals surface area (Å²) in [4.78, 5) is 0. The molecular formula is C12H20N2O3. The van der Waals surface area contributed by atoms with Gasteiger partial charge in [0, 0.05) is 6.42 Å². The molecule has 0 heterocycles. The molecule has 0 spiro atoms. The predicted octanol–water partition coefficient (Wildman–Crippen LogP) is -0.223. The van der Waals surface area contributed by atoms with Crippen LogP contribution in [0.25, 0.3) is 0 Å². The third-order valence-electron chi connectivity index (χ3n) is 2.52. The van der Waals surface area contributed by atoms with Crippen LogP contribution in [0.15, 0.2) is 30.3 Å². The van der Waals surface area contributed by atoms with Gasteiger partial charge < -0.3 is 26.0 Å². The molecule has 0 radical (unpaired) electrons. The van der Waals surface area contributed by atoms with Gasteiger partial charge in [0.25, 0.3) is 0 Å². The third kappa shape index (κ3) is 5.25. The zero-order valence-electron chi connectivity index (χ0n) is 9.91. The highest BCUT2D eigenvalue weighted by molar-refractivity contribution is 5.13. The number of rotatable bonds is 7. The lowest BCUT2D eigenvalue weighted by Gasteiger charge is -2.22. The van der Waals surface area contributed by atoms with E-state index in [0.29, 0.717) is 6.61 Å². The Morgan fingerprint density at radius 3 is 2.47 bits per heavy atom. The lowest BCUT2D eigenvalue weighted by atomic mass is 10.2. The van der Waals surface area contributed by atoms with Crippen LogP contribution in [-0.2, 0) is 11.3 Å². The van der Waals surface area contributed by atoms with Crippen molar-refractivity contribution in [1.29, 1.82) is 0 Å². The van der Waals surface area contributed by atoms with Crippen molar-refractivity contribution in [2.45, 2.75) is 31.6 Å². The van der Waals surface area contributed by atoms with Crippen molar-refractivity contribution in [1.82, 2.24) is 5.32 Å². The Morgan fingerprint density at radius 2 is 1.94 bits per heavy atom. The molecule has 5 nitrogen and oxygen atoms in total. The zero-order chi connectivity index (χ0) is 12.7. The SMILES string of the molecule is CN[C@H](CC(O)OCc1ccccc1)C(N)O. The number of aliphatic hydroxyl groups is 2. The average molecular weight is 240 g/mol. The quantitative estimate of drug-likeness (QED) is 0.495. The molecule has 0 bridgehead atoms. The summed E-state index contributed by atoms with van der Waals surface area (Å²) >= 11 is 0. The molecule has 96 valence electrons. The number of nitrogens with one attached hydrogen (secondary N) is 1. The van der Waals surface area contributed by atoms with Crippen LogP contribution >= 0.6 is 0 Å². The second kappa shape index (κ2) is 7.37. The highest BCUT2D eigenvalue weighted by Gasteiger charge is 2.18. The maximum atomic E-state index is 9.63. The molecule has 0 aliphatic carbocycles. The maximum Gasteiger partial charge on any atom is 0.156 e. The first-order valence-electron chi connectivity index (χ1n) is 5.58. The number of hydrogen-bond donors (Lipinski definition) is 4. The van der Waals surface area contributed by atoms with E-state index in [9.17, 15) is 10.2 Å². The van der Waals surface area contributed by atoms with Gasteiger partial charge in [0.05, 0.1) is 12.6 Å². The van der Waals surface area contributed by atoms with Crippen LogP contribution in [-0.4, -0.2) is 35.8 Å². The monoisotopic (exact) mass is 240 g/mol. The van der Waals surface area contributed by atoms with E-state index < -0.39 is 12.5 Å². The summed E-state index contributed by atoms with van der Waals surface area (Å²) in [5.41, 5.74) is 6.32. The summed E-state index contributed by atoms with van der Waals surface area (Å²) < 4.78 is 5.26. The van der Waals surface area contributed by atoms with Crippen LogP contribution in [0.2, 0.25) is 0 Å². The number of aliphatic hydroxyl groups excluding tert-OH is 2. The third-order valence-corrected chi connectivity index (χ3v) is 2.52. The van der Waals surface area contributed by atoms with Crippen molar-refractivity contribution in [2.75, 3.05) is 7.05 Å². The van der Waals surface area contributed by atoms with Gasteiger partial charge in [0.2, 0.25) is 0 Å². The Hall–Kier alpha value is -0.980. The number of ether oxygens (including phenoxy) is 1. The first-order chi connectivity index (χ1) is 8.13. The lowest BCUT2D eigenvalue weighted by Crippen LogP contribution is -2.45. The fourth-order valence-corrected chi connectivity index (χ4v) is 1.48. The molecule has 1 rings (SSSR count). The van der Waals surface area contributed by atoms with Crippen LogP contribution in [0.1, 0.15) is 12.0 Å². The summed E-state index contributed by atoms with van der Waals surface area (Å²) in [7, 11) is 1.67. The van der Waals surface area contributed by atoms with Gasteiger partial charge in [-0.25, -0.2) is 0 Å². The molecular weight excluding hydrogens is 220 g/mol. The second-order valence-electron chi connectivity index (χ2n) is 3.87. The Morgan fingerprint density at radius 1 is 1.29 bits per heavy atom. The molecule has 0 saturated heterocycles. The summed E-state index contributed by atoms with van der Waals surface area (Å²) in [5, 5.41) is 21.6. The summed E-state index contributed by atoms with van der Waals surface area (Å²) in [5.74, 6) is 0. The van der Waals surface area contributed by atoms with Crippen molar-refractivity contribution in [3.8, 4) is 0 Å². The van der Waals surface area contributed by atoms with Gasteiger partial charge in [0.15, 0.2) is 6.29 Å². The topological polar surface area (TPSA) is 87.7 Å². The van der Waals surface area contributed by atoms with Gasteiger partial charge in [-0.05, 0) is 12.6 Å². The van der Waals surface area contributed by atoms with Gasteiger partial charge in [-0.3, -0.25) is 0 Å². The van der Waals surface area contributed by atoms with Crippen LogP contribution in [0.3, 0.4) is 0 Å². The van der Waals surface area contributed by atoms with Crippen molar-refractivity contribution >= 4 is 0 Å². The molecule has 0 amide bonds. The highest BCUT2D eigenvalue weighted by Crippen LogP contribution is 2.06. The molecule has 3 atom stereocenters. The van der Waals surface area contributed by atoms with Crippen molar-refractivity contribution in [2.24, 2.45) is 5.73 Å². The van der Waals surface area contributed by atoms with E-state index in [1.165, 1.54) is 0 Å². The molecule has 0 saturated carbocycles. The number of hydrogen-bond acceptors (Lipinski definition) is 5. The first-order valence-corrected chi connectivity index (χ1v) is 5.58. The van der Waals surface area contributed by atoms with Crippen LogP contribution in [0, 0.1) is 0 Å². The van der Waals surface area contributed by atoms with Crippen LogP contribution in [0.4, 0.5) is 0 Å². The average Bonchev–Trinajstić information content (AvgIpc) is 2.34. The van der Waals surface area contributed by atoms with Crippen molar-refractivity contribution < 1.29 is 14.9 Å². The summed E-state index contributed by atoms with van der Waals surface area (Å²) in [6.45, 7) is 0.332. The Bertz CT molecular complexity index is 306. The molecule has 2 unspecified atom stereocenters. The maximum absolute atomic E-state index is 9.63. The van der Waals surface area contributed by atoms with Gasteiger partial charge in [-0.1, -0.05) is 30.3 Å². The van der Waals surface area contributed by atoms with E-state index in [0.717, 1.165) is 5.56 Å². The molecule has 5 N–H and O–H groups in total. The molecule has 0 aromatic heterocycles. The van der Waals surface area contributed by atoms with E-state index >= 15 is 0 Å². The predicted molar refractivity (Wildman–Crippen MR) is 64.9 cm³/mol. The molecule has 1 aromatic carbocycles. The normalized spacial score (nSPS) is 16.5. The largest absolute Gasteiger partial charge is 0.377 e. The lowest BCUT2D eigenvalue weighted by molar-refractivity contribution is -0.121. The summed E-state index contributed by atoms with van der Waals surface area (Å²) in [6.07, 6.45) is -1.73. The molecule has 0 aliphatic heterocycles. The molecule has 0 fully saturated rings. The smallest absolute Gasteiger partial charge is 0.156 e. The minimum Gasteiger partial charge on any atom is -0.377 e. The fourth-order valence-electron chi connectivity index (χ4n) is 1.48. The molecule has 0 aliphatic rings. The van der Waals surface area contributed by atoms with Gasteiger partial charge in [0.1, 0.15) is 6.23 Å². The second-order valence-corrected chi connectivity index (χ2v) is 3.87. The highest BCUT2D eigenvalue weighted by atomic mass is 16.6. The van der Waals surface area contributed by atoms with E-state index in [1.54, 1.807) is 7.05 Å². The van der Waals surface area contributed by atoms with E-state index in [2.05, 4.69) is 5.32 Å². The molecule has 5 heteroatoms. The summed E-state index contributed by atoms with van der Waals surface area (Å²) in [6, 6.07) is 9.18. The van der Waals surface area contributed by atoms with E-state index in [-0.39, 0.29) is 12.5 Å². The zero-order valence-corrected chi connectivity index (χ0v) is 9.91. The minimum absolute atomic E-state index is 0.237. The van der Waals surface area contributed by atoms with Crippen LogP contribution in [0.5, 0.6) is 0 Å². The number of likely N-dealkylation sites (N-methyl/N-ethyl adjacent to an activating group) is 1.